The summed E-state index contributed by atoms with van der Waals surface area (Å²) in [7, 11) is -3.83. The summed E-state index contributed by atoms with van der Waals surface area (Å²) in [6.07, 6.45) is 3.07. The summed E-state index contributed by atoms with van der Waals surface area (Å²) in [5, 5.41) is 2.98. The normalized spacial score (nSPS) is 11.9. The molecule has 41 heavy (non-hydrogen) atoms. The van der Waals surface area contributed by atoms with Crippen molar-refractivity contribution in [2.45, 2.75) is 45.7 Å². The van der Waals surface area contributed by atoms with Crippen molar-refractivity contribution in [2.75, 3.05) is 30.3 Å². The van der Waals surface area contributed by atoms with E-state index in [0.717, 1.165) is 39.0 Å². The lowest BCUT2D eigenvalue weighted by Gasteiger charge is -2.33. The lowest BCUT2D eigenvalue weighted by Crippen LogP contribution is -2.53. The zero-order valence-corrected chi connectivity index (χ0v) is 26.2. The molecule has 2 amide bonds. The SMILES string of the molecule is CCCCNC(=O)[C@H](Cc1ccccc1)N(Cc1ccc(Br)cc1)C(=O)CN(c1ccc(OCC)cc1)S(C)(=O)=O. The van der Waals surface area contributed by atoms with E-state index < -0.39 is 28.5 Å². The molecule has 0 fully saturated rings. The topological polar surface area (TPSA) is 96.0 Å². The van der Waals surface area contributed by atoms with Gasteiger partial charge in [0.2, 0.25) is 21.8 Å². The van der Waals surface area contributed by atoms with Crippen molar-refractivity contribution < 1.29 is 22.7 Å². The van der Waals surface area contributed by atoms with E-state index in [1.165, 1.54) is 4.90 Å². The fourth-order valence-corrected chi connectivity index (χ4v) is 5.45. The van der Waals surface area contributed by atoms with Gasteiger partial charge in [0.15, 0.2) is 0 Å². The highest BCUT2D eigenvalue weighted by Gasteiger charge is 2.33. The van der Waals surface area contributed by atoms with E-state index in [0.29, 0.717) is 24.6 Å². The third-order valence-electron chi connectivity index (χ3n) is 6.48. The van der Waals surface area contributed by atoms with E-state index in [1.807, 2.05) is 68.4 Å². The zero-order valence-electron chi connectivity index (χ0n) is 23.8. The van der Waals surface area contributed by atoms with Crippen LogP contribution >= 0.6 is 15.9 Å². The van der Waals surface area contributed by atoms with Crippen LogP contribution in [0.3, 0.4) is 0 Å². The summed E-state index contributed by atoms with van der Waals surface area (Å²) in [6, 6.07) is 22.7. The number of rotatable bonds is 15. The Hall–Kier alpha value is -3.37. The molecule has 0 spiro atoms. The van der Waals surface area contributed by atoms with Crippen molar-refractivity contribution >= 4 is 43.5 Å². The molecule has 1 atom stereocenters. The summed E-state index contributed by atoms with van der Waals surface area (Å²) in [4.78, 5) is 29.2. The van der Waals surface area contributed by atoms with Gasteiger partial charge in [-0.1, -0.05) is 71.7 Å². The highest BCUT2D eigenvalue weighted by molar-refractivity contribution is 9.10. The Bertz CT molecular complexity index is 1370. The van der Waals surface area contributed by atoms with Crippen LogP contribution < -0.4 is 14.4 Å². The smallest absolute Gasteiger partial charge is 0.244 e. The molecule has 3 rings (SSSR count). The molecule has 10 heteroatoms. The molecule has 0 aliphatic rings. The third kappa shape index (κ3) is 9.89. The van der Waals surface area contributed by atoms with Gasteiger partial charge in [0.05, 0.1) is 18.6 Å². The highest BCUT2D eigenvalue weighted by Crippen LogP contribution is 2.23. The van der Waals surface area contributed by atoms with Crippen molar-refractivity contribution in [2.24, 2.45) is 0 Å². The Morgan fingerprint density at radius 3 is 2.17 bits per heavy atom. The summed E-state index contributed by atoms with van der Waals surface area (Å²) in [6.45, 7) is 4.53. The van der Waals surface area contributed by atoms with Crippen molar-refractivity contribution in [3.63, 3.8) is 0 Å². The van der Waals surface area contributed by atoms with E-state index in [9.17, 15) is 18.0 Å². The van der Waals surface area contributed by atoms with Gasteiger partial charge in [0.25, 0.3) is 0 Å². The molecule has 0 unspecified atom stereocenters. The highest BCUT2D eigenvalue weighted by atomic mass is 79.9. The first-order valence-electron chi connectivity index (χ1n) is 13.7. The van der Waals surface area contributed by atoms with E-state index in [1.54, 1.807) is 24.3 Å². The number of hydrogen-bond donors (Lipinski definition) is 1. The first-order chi connectivity index (χ1) is 19.6. The first-order valence-corrected chi connectivity index (χ1v) is 16.3. The summed E-state index contributed by atoms with van der Waals surface area (Å²) < 4.78 is 33.2. The van der Waals surface area contributed by atoms with Crippen LogP contribution in [-0.2, 0) is 32.6 Å². The molecule has 0 radical (unpaired) electrons. The molecular formula is C31H38BrN3O5S. The van der Waals surface area contributed by atoms with Crippen LogP contribution in [0.15, 0.2) is 83.3 Å². The van der Waals surface area contributed by atoms with Gasteiger partial charge in [-0.15, -0.1) is 0 Å². The largest absolute Gasteiger partial charge is 0.494 e. The number of anilines is 1. The molecular weight excluding hydrogens is 606 g/mol. The van der Waals surface area contributed by atoms with Gasteiger partial charge >= 0.3 is 0 Å². The zero-order chi connectivity index (χ0) is 29.8. The van der Waals surface area contributed by atoms with Gasteiger partial charge in [0, 0.05) is 24.0 Å². The second-order valence-corrected chi connectivity index (χ2v) is 12.5. The van der Waals surface area contributed by atoms with Gasteiger partial charge in [0.1, 0.15) is 18.3 Å². The van der Waals surface area contributed by atoms with Crippen LogP contribution in [0.2, 0.25) is 0 Å². The molecule has 3 aromatic rings. The van der Waals surface area contributed by atoms with Gasteiger partial charge in [-0.25, -0.2) is 8.42 Å². The summed E-state index contributed by atoms with van der Waals surface area (Å²) in [5.74, 6) is -0.168. The molecule has 0 aromatic heterocycles. The predicted octanol–water partition coefficient (Wildman–Crippen LogP) is 5.17. The van der Waals surface area contributed by atoms with Crippen molar-refractivity contribution in [3.05, 3.63) is 94.5 Å². The number of amides is 2. The van der Waals surface area contributed by atoms with Crippen LogP contribution in [-0.4, -0.2) is 57.1 Å². The number of benzene rings is 3. The number of sulfonamides is 1. The third-order valence-corrected chi connectivity index (χ3v) is 8.15. The number of carbonyl (C=O) groups is 2. The maximum atomic E-state index is 14.1. The van der Waals surface area contributed by atoms with Gasteiger partial charge in [-0.2, -0.15) is 0 Å². The molecule has 220 valence electrons. The lowest BCUT2D eigenvalue weighted by atomic mass is 10.0. The summed E-state index contributed by atoms with van der Waals surface area (Å²) in [5.41, 5.74) is 2.04. The molecule has 0 saturated heterocycles. The maximum Gasteiger partial charge on any atom is 0.244 e. The molecule has 0 heterocycles. The van der Waals surface area contributed by atoms with Crippen LogP contribution in [0.5, 0.6) is 5.75 Å². The summed E-state index contributed by atoms with van der Waals surface area (Å²) >= 11 is 3.44. The van der Waals surface area contributed by atoms with Crippen molar-refractivity contribution in [1.29, 1.82) is 0 Å². The van der Waals surface area contributed by atoms with E-state index in [4.69, 9.17) is 4.74 Å². The van der Waals surface area contributed by atoms with Crippen LogP contribution in [0.4, 0.5) is 5.69 Å². The molecule has 0 aliphatic heterocycles. The molecule has 0 bridgehead atoms. The minimum absolute atomic E-state index is 0.131. The Balaban J connectivity index is 2.00. The second kappa shape index (κ2) is 15.6. The maximum absolute atomic E-state index is 14.1. The van der Waals surface area contributed by atoms with E-state index >= 15 is 0 Å². The number of ether oxygens (including phenoxy) is 1. The Labute approximate surface area is 251 Å². The minimum Gasteiger partial charge on any atom is -0.494 e. The van der Waals surface area contributed by atoms with Crippen LogP contribution in [0, 0.1) is 0 Å². The molecule has 1 N–H and O–H groups in total. The minimum atomic E-state index is -3.83. The Morgan fingerprint density at radius 1 is 0.927 bits per heavy atom. The second-order valence-electron chi connectivity index (χ2n) is 9.69. The van der Waals surface area contributed by atoms with Crippen LogP contribution in [0.25, 0.3) is 0 Å². The van der Waals surface area contributed by atoms with Gasteiger partial charge in [-0.3, -0.25) is 13.9 Å². The number of carbonyl (C=O) groups excluding carboxylic acids is 2. The van der Waals surface area contributed by atoms with Gasteiger partial charge in [-0.05, 0) is 60.9 Å². The van der Waals surface area contributed by atoms with Crippen molar-refractivity contribution in [1.82, 2.24) is 10.2 Å². The Kier molecular flexibility index (Phi) is 12.2. The molecule has 3 aromatic carbocycles. The molecule has 8 nitrogen and oxygen atoms in total. The number of nitrogens with one attached hydrogen (secondary N) is 1. The quantitative estimate of drug-likeness (QED) is 0.231. The fourth-order valence-electron chi connectivity index (χ4n) is 4.34. The predicted molar refractivity (Wildman–Crippen MR) is 166 cm³/mol. The first kappa shape index (κ1) is 32.1. The monoisotopic (exact) mass is 643 g/mol. The van der Waals surface area contributed by atoms with E-state index in [2.05, 4.69) is 21.2 Å². The number of hydrogen-bond acceptors (Lipinski definition) is 5. The standard InChI is InChI=1S/C31H38BrN3O5S/c1-4-6-20-33-31(37)29(21-24-10-8-7-9-11-24)34(22-25-12-14-26(32)15-13-25)30(36)23-35(41(3,38)39)27-16-18-28(19-17-27)40-5-2/h7-19,29H,4-6,20-23H2,1-3H3,(H,33,37)/t29-/m0/s1. The molecule has 0 aliphatic carbocycles. The van der Waals surface area contributed by atoms with Crippen LogP contribution in [0.1, 0.15) is 37.8 Å². The molecule has 0 saturated carbocycles. The number of unbranched alkanes of at least 4 members (excludes halogenated alkanes) is 1. The average Bonchev–Trinajstić information content (AvgIpc) is 2.95. The lowest BCUT2D eigenvalue weighted by molar-refractivity contribution is -0.140. The average molecular weight is 645 g/mol. The number of nitrogens with zero attached hydrogens (tertiary/aromatic N) is 2. The van der Waals surface area contributed by atoms with Crippen molar-refractivity contribution in [3.8, 4) is 5.75 Å². The van der Waals surface area contributed by atoms with Gasteiger partial charge < -0.3 is 15.0 Å². The number of halogens is 1. The Morgan fingerprint density at radius 2 is 1.59 bits per heavy atom. The fraction of sp³-hybridized carbons (Fsp3) is 0.355. The van der Waals surface area contributed by atoms with E-state index in [-0.39, 0.29) is 18.9 Å².